The second-order valence-electron chi connectivity index (χ2n) is 7.49. The van der Waals surface area contributed by atoms with E-state index in [1.165, 1.54) is 0 Å². The highest BCUT2D eigenvalue weighted by Crippen LogP contribution is 2.27. The van der Waals surface area contributed by atoms with Crippen LogP contribution in [0.5, 0.6) is 0 Å². The average molecular weight is 354 g/mol. The highest BCUT2D eigenvalue weighted by Gasteiger charge is 2.13. The number of hydrogen-bond donors (Lipinski definition) is 3. The molecule has 4 N–H and O–H groups in total. The molecule has 7 heteroatoms. The van der Waals surface area contributed by atoms with Crippen LogP contribution in [0.15, 0.2) is 30.6 Å². The van der Waals surface area contributed by atoms with Crippen molar-refractivity contribution in [3.8, 4) is 0 Å². The molecule has 0 spiro atoms. The van der Waals surface area contributed by atoms with Crippen molar-refractivity contribution in [1.82, 2.24) is 25.2 Å². The molecule has 0 fully saturated rings. The quantitative estimate of drug-likeness (QED) is 0.613. The fourth-order valence-corrected chi connectivity index (χ4v) is 2.97. The first-order valence-corrected chi connectivity index (χ1v) is 8.90. The zero-order valence-electron chi connectivity index (χ0n) is 15.5. The Morgan fingerprint density at radius 2 is 2.00 bits per heavy atom. The van der Waals surface area contributed by atoms with Gasteiger partial charge in [0.2, 0.25) is 0 Å². The van der Waals surface area contributed by atoms with E-state index < -0.39 is 0 Å². The van der Waals surface area contributed by atoms with Crippen LogP contribution >= 0.6 is 0 Å². The van der Waals surface area contributed by atoms with Crippen LogP contribution in [0, 0.1) is 0 Å². The van der Waals surface area contributed by atoms with Gasteiger partial charge in [0.15, 0.2) is 5.82 Å². The van der Waals surface area contributed by atoms with E-state index >= 15 is 0 Å². The molecule has 0 unspecified atom stereocenters. The minimum atomic E-state index is -0.227. The second kappa shape index (κ2) is 7.19. The molecule has 0 bridgehead atoms. The maximum atomic E-state index is 11.8. The summed E-state index contributed by atoms with van der Waals surface area (Å²) in [5.74, 6) is 0.456. The number of unbranched alkanes of at least 4 members (excludes halogenated alkanes) is 1. The topological polar surface area (TPSA) is 97.9 Å². The van der Waals surface area contributed by atoms with E-state index in [2.05, 4.69) is 25.2 Å². The van der Waals surface area contributed by atoms with Gasteiger partial charge in [-0.3, -0.25) is 0 Å². The molecule has 0 saturated carbocycles. The van der Waals surface area contributed by atoms with Gasteiger partial charge in [-0.25, -0.2) is 14.8 Å². The number of amides is 2. The maximum Gasteiger partial charge on any atom is 0.315 e. The number of rotatable bonds is 5. The van der Waals surface area contributed by atoms with Gasteiger partial charge in [0.05, 0.1) is 17.4 Å². The molecule has 0 saturated heterocycles. The monoisotopic (exact) mass is 354 g/mol. The van der Waals surface area contributed by atoms with Crippen molar-refractivity contribution in [2.75, 3.05) is 12.3 Å². The Balaban J connectivity index is 1.63. The average Bonchev–Trinajstić information content (AvgIpc) is 2.98. The lowest BCUT2D eigenvalue weighted by atomic mass is 10.1. The minimum absolute atomic E-state index is 0.129. The molecule has 0 radical (unpaired) electrons. The van der Waals surface area contributed by atoms with E-state index in [4.69, 9.17) is 5.73 Å². The van der Waals surface area contributed by atoms with E-state index in [-0.39, 0.29) is 11.6 Å². The molecule has 3 rings (SSSR count). The van der Waals surface area contributed by atoms with Crippen molar-refractivity contribution in [3.63, 3.8) is 0 Å². The predicted octanol–water partition coefficient (Wildman–Crippen LogP) is 3.04. The van der Waals surface area contributed by atoms with Gasteiger partial charge in [-0.1, -0.05) is 18.2 Å². The summed E-state index contributed by atoms with van der Waals surface area (Å²) < 4.78 is 2.12. The number of urea groups is 1. The first-order valence-electron chi connectivity index (χ1n) is 8.90. The Labute approximate surface area is 153 Å². The summed E-state index contributed by atoms with van der Waals surface area (Å²) in [7, 11) is 0. The molecule has 2 amide bonds. The summed E-state index contributed by atoms with van der Waals surface area (Å²) >= 11 is 0. The number of benzene rings is 1. The van der Waals surface area contributed by atoms with Crippen LogP contribution in [-0.4, -0.2) is 32.6 Å². The number of imidazole rings is 1. The largest absolute Gasteiger partial charge is 0.382 e. The zero-order valence-corrected chi connectivity index (χ0v) is 15.5. The van der Waals surface area contributed by atoms with E-state index in [9.17, 15) is 4.79 Å². The molecule has 138 valence electrons. The lowest BCUT2D eigenvalue weighted by Crippen LogP contribution is -2.46. The number of nitrogen functional groups attached to an aromatic ring is 1. The Morgan fingerprint density at radius 1 is 1.23 bits per heavy atom. The van der Waals surface area contributed by atoms with Gasteiger partial charge in [-0.05, 0) is 39.7 Å². The third kappa shape index (κ3) is 4.04. The van der Waals surface area contributed by atoms with Gasteiger partial charge in [0, 0.05) is 24.0 Å². The van der Waals surface area contributed by atoms with Gasteiger partial charge < -0.3 is 20.9 Å². The smallest absolute Gasteiger partial charge is 0.315 e. The number of pyridine rings is 1. The molecule has 0 atom stereocenters. The summed E-state index contributed by atoms with van der Waals surface area (Å²) in [5.41, 5.74) is 8.46. The van der Waals surface area contributed by atoms with Gasteiger partial charge >= 0.3 is 6.03 Å². The zero-order chi connectivity index (χ0) is 18.7. The molecular formula is C19H26N6O. The molecule has 0 aliphatic rings. The minimum Gasteiger partial charge on any atom is -0.382 e. The molecule has 2 aromatic heterocycles. The van der Waals surface area contributed by atoms with Crippen LogP contribution in [0.3, 0.4) is 0 Å². The summed E-state index contributed by atoms with van der Waals surface area (Å²) in [4.78, 5) is 20.6. The van der Waals surface area contributed by atoms with Crippen LogP contribution in [0.25, 0.3) is 21.9 Å². The third-order valence-electron chi connectivity index (χ3n) is 4.08. The van der Waals surface area contributed by atoms with Crippen LogP contribution in [0.1, 0.15) is 33.6 Å². The number of aromatic nitrogens is 3. The third-order valence-corrected chi connectivity index (χ3v) is 4.08. The fourth-order valence-electron chi connectivity index (χ4n) is 2.97. The summed E-state index contributed by atoms with van der Waals surface area (Å²) in [5, 5.41) is 6.83. The number of aryl methyl sites for hydroxylation is 1. The Kier molecular flexibility index (Phi) is 4.97. The van der Waals surface area contributed by atoms with Crippen LogP contribution < -0.4 is 16.4 Å². The highest BCUT2D eigenvalue weighted by molar-refractivity contribution is 6.06. The first-order chi connectivity index (χ1) is 12.3. The molecule has 0 aliphatic carbocycles. The normalized spacial score (nSPS) is 11.8. The molecule has 26 heavy (non-hydrogen) atoms. The van der Waals surface area contributed by atoms with E-state index in [0.29, 0.717) is 12.4 Å². The van der Waals surface area contributed by atoms with Crippen molar-refractivity contribution in [2.45, 2.75) is 45.7 Å². The number of nitrogens with zero attached hydrogens (tertiary/aromatic N) is 3. The lowest BCUT2D eigenvalue weighted by molar-refractivity contribution is 0.232. The SMILES string of the molecule is CC(C)(C)NC(=O)NCCCCn1cnc2c(N)nc3ccccc3c21. The molecular weight excluding hydrogens is 328 g/mol. The fraction of sp³-hybridized carbons (Fsp3) is 0.421. The molecule has 2 heterocycles. The van der Waals surface area contributed by atoms with Gasteiger partial charge in [-0.2, -0.15) is 0 Å². The van der Waals surface area contributed by atoms with Crippen LogP contribution in [0.4, 0.5) is 10.6 Å². The Hall–Kier alpha value is -2.83. The van der Waals surface area contributed by atoms with E-state index in [1.54, 1.807) is 0 Å². The van der Waals surface area contributed by atoms with Crippen LogP contribution in [0.2, 0.25) is 0 Å². The molecule has 3 aromatic rings. The number of para-hydroxylation sites is 1. The van der Waals surface area contributed by atoms with Crippen molar-refractivity contribution < 1.29 is 4.79 Å². The molecule has 7 nitrogen and oxygen atoms in total. The van der Waals surface area contributed by atoms with Gasteiger partial charge in [0.1, 0.15) is 5.52 Å². The number of carbonyl (C=O) groups is 1. The maximum absolute atomic E-state index is 11.8. The van der Waals surface area contributed by atoms with Crippen molar-refractivity contribution in [1.29, 1.82) is 0 Å². The number of carbonyl (C=O) groups excluding carboxylic acids is 1. The van der Waals surface area contributed by atoms with Crippen molar-refractivity contribution in [2.24, 2.45) is 0 Å². The Bertz CT molecular complexity index is 925. The number of nitrogens with two attached hydrogens (primary N) is 1. The number of nitrogens with one attached hydrogen (secondary N) is 2. The molecule has 1 aromatic carbocycles. The highest BCUT2D eigenvalue weighted by atomic mass is 16.2. The number of hydrogen-bond acceptors (Lipinski definition) is 4. The Morgan fingerprint density at radius 3 is 2.77 bits per heavy atom. The standard InChI is InChI=1S/C19H26N6O/c1-19(2,3)24-18(26)21-10-6-7-11-25-12-22-15-16(25)13-8-4-5-9-14(13)23-17(15)20/h4-5,8-9,12H,6-7,10-11H2,1-3H3,(H2,20,23)(H2,21,24,26). The van der Waals surface area contributed by atoms with E-state index in [1.807, 2.05) is 51.4 Å². The summed E-state index contributed by atoms with van der Waals surface area (Å²) in [6.45, 7) is 7.33. The lowest BCUT2D eigenvalue weighted by Gasteiger charge is -2.20. The van der Waals surface area contributed by atoms with Crippen molar-refractivity contribution >= 4 is 33.8 Å². The summed E-state index contributed by atoms with van der Waals surface area (Å²) in [6.07, 6.45) is 3.63. The second-order valence-corrected chi connectivity index (χ2v) is 7.49. The van der Waals surface area contributed by atoms with Gasteiger partial charge in [0.25, 0.3) is 0 Å². The van der Waals surface area contributed by atoms with Crippen LogP contribution in [-0.2, 0) is 6.54 Å². The predicted molar refractivity (Wildman–Crippen MR) is 105 cm³/mol. The van der Waals surface area contributed by atoms with E-state index in [0.717, 1.165) is 41.3 Å². The first kappa shape index (κ1) is 18.0. The number of fused-ring (bicyclic) bond motifs is 3. The van der Waals surface area contributed by atoms with Crippen molar-refractivity contribution in [3.05, 3.63) is 30.6 Å². The number of anilines is 1. The summed E-state index contributed by atoms with van der Waals surface area (Å²) in [6, 6.07) is 7.82. The molecule has 0 aliphatic heterocycles. The van der Waals surface area contributed by atoms with Gasteiger partial charge in [-0.15, -0.1) is 0 Å².